The predicted octanol–water partition coefficient (Wildman–Crippen LogP) is 1.89. The van der Waals surface area contributed by atoms with Gasteiger partial charge in [0.05, 0.1) is 11.9 Å². The van der Waals surface area contributed by atoms with E-state index < -0.39 is 0 Å². The van der Waals surface area contributed by atoms with Crippen LogP contribution in [0.4, 0.5) is 5.69 Å². The maximum atomic E-state index is 11.4. The molecule has 0 radical (unpaired) electrons. The summed E-state index contributed by atoms with van der Waals surface area (Å²) < 4.78 is 1.78. The van der Waals surface area contributed by atoms with Crippen LogP contribution in [0.3, 0.4) is 0 Å². The van der Waals surface area contributed by atoms with Crippen LogP contribution in [0.1, 0.15) is 27.2 Å². The molecular weight excluding hydrogens is 178 g/mol. The van der Waals surface area contributed by atoms with Crippen LogP contribution >= 0.6 is 0 Å². The van der Waals surface area contributed by atoms with Crippen LogP contribution < -0.4 is 5.32 Å². The molecular formula is C10H17N3O. The lowest BCUT2D eigenvalue weighted by atomic mass is 10.1. The van der Waals surface area contributed by atoms with Crippen molar-refractivity contribution in [3.05, 3.63) is 12.4 Å². The van der Waals surface area contributed by atoms with Crippen molar-refractivity contribution in [2.75, 3.05) is 5.32 Å². The maximum absolute atomic E-state index is 11.4. The summed E-state index contributed by atoms with van der Waals surface area (Å²) in [7, 11) is 0. The quantitative estimate of drug-likeness (QED) is 0.797. The molecule has 1 N–H and O–H groups in total. The number of aromatic nitrogens is 2. The van der Waals surface area contributed by atoms with Gasteiger partial charge in [-0.3, -0.25) is 9.48 Å². The normalized spacial score (nSPS) is 10.6. The second-order valence-corrected chi connectivity index (χ2v) is 3.73. The van der Waals surface area contributed by atoms with Gasteiger partial charge in [0.2, 0.25) is 5.91 Å². The number of amides is 1. The largest absolute Gasteiger partial charge is 0.323 e. The van der Waals surface area contributed by atoms with Crippen LogP contribution in [0.2, 0.25) is 0 Å². The van der Waals surface area contributed by atoms with Crippen LogP contribution in [-0.2, 0) is 11.3 Å². The first kappa shape index (κ1) is 10.8. The van der Waals surface area contributed by atoms with Gasteiger partial charge in [-0.05, 0) is 12.8 Å². The van der Waals surface area contributed by atoms with Crippen LogP contribution in [0, 0.1) is 5.92 Å². The van der Waals surface area contributed by atoms with E-state index in [0.717, 1.165) is 12.2 Å². The highest BCUT2D eigenvalue weighted by atomic mass is 16.1. The minimum Gasteiger partial charge on any atom is -0.323 e. The number of anilines is 1. The van der Waals surface area contributed by atoms with Gasteiger partial charge in [0, 0.05) is 19.2 Å². The highest BCUT2D eigenvalue weighted by Crippen LogP contribution is 2.07. The molecule has 0 fully saturated rings. The molecule has 4 heteroatoms. The predicted molar refractivity (Wildman–Crippen MR) is 56.0 cm³/mol. The van der Waals surface area contributed by atoms with E-state index in [-0.39, 0.29) is 5.91 Å². The monoisotopic (exact) mass is 195 g/mol. The smallest absolute Gasteiger partial charge is 0.224 e. The van der Waals surface area contributed by atoms with Gasteiger partial charge >= 0.3 is 0 Å². The van der Waals surface area contributed by atoms with E-state index in [4.69, 9.17) is 0 Å². The number of rotatable bonds is 4. The molecule has 1 amide bonds. The van der Waals surface area contributed by atoms with Gasteiger partial charge in [0.15, 0.2) is 0 Å². The summed E-state index contributed by atoms with van der Waals surface area (Å²) >= 11 is 0. The molecule has 78 valence electrons. The Balaban J connectivity index is 2.47. The molecule has 0 aliphatic carbocycles. The van der Waals surface area contributed by atoms with Gasteiger partial charge in [-0.1, -0.05) is 13.8 Å². The average Bonchev–Trinajstić information content (AvgIpc) is 2.50. The lowest BCUT2D eigenvalue weighted by molar-refractivity contribution is -0.116. The number of carbonyl (C=O) groups is 1. The third-order valence-electron chi connectivity index (χ3n) is 1.83. The lowest BCUT2D eigenvalue weighted by Crippen LogP contribution is -2.13. The van der Waals surface area contributed by atoms with Gasteiger partial charge in [-0.15, -0.1) is 0 Å². The number of nitrogens with zero attached hydrogens (tertiary/aromatic N) is 2. The van der Waals surface area contributed by atoms with E-state index in [1.54, 1.807) is 10.9 Å². The molecule has 4 nitrogen and oxygen atoms in total. The zero-order valence-corrected chi connectivity index (χ0v) is 8.95. The Morgan fingerprint density at radius 2 is 2.36 bits per heavy atom. The molecule has 0 aliphatic heterocycles. The highest BCUT2D eigenvalue weighted by molar-refractivity contribution is 5.90. The molecule has 1 rings (SSSR count). The molecule has 0 spiro atoms. The van der Waals surface area contributed by atoms with Crippen molar-refractivity contribution in [3.8, 4) is 0 Å². The van der Waals surface area contributed by atoms with Gasteiger partial charge in [0.25, 0.3) is 0 Å². The van der Waals surface area contributed by atoms with Gasteiger partial charge in [-0.2, -0.15) is 5.10 Å². The molecule has 1 heterocycles. The van der Waals surface area contributed by atoms with E-state index in [0.29, 0.717) is 12.3 Å². The summed E-state index contributed by atoms with van der Waals surface area (Å²) in [6, 6.07) is 0. The summed E-state index contributed by atoms with van der Waals surface area (Å²) in [4.78, 5) is 11.4. The molecule has 1 aromatic heterocycles. The topological polar surface area (TPSA) is 46.9 Å². The Hall–Kier alpha value is -1.32. The third-order valence-corrected chi connectivity index (χ3v) is 1.83. The number of aryl methyl sites for hydroxylation is 1. The van der Waals surface area contributed by atoms with E-state index in [2.05, 4.69) is 10.4 Å². The first-order valence-electron chi connectivity index (χ1n) is 4.94. The summed E-state index contributed by atoms with van der Waals surface area (Å²) in [5.41, 5.74) is 0.775. The lowest BCUT2D eigenvalue weighted by Gasteiger charge is -2.04. The molecule has 0 bridgehead atoms. The van der Waals surface area contributed by atoms with Crippen LogP contribution in [0.5, 0.6) is 0 Å². The Bertz CT molecular complexity index is 304. The number of hydrogen-bond acceptors (Lipinski definition) is 2. The highest BCUT2D eigenvalue weighted by Gasteiger charge is 2.05. The van der Waals surface area contributed by atoms with Crippen LogP contribution in [0.15, 0.2) is 12.4 Å². The second-order valence-electron chi connectivity index (χ2n) is 3.73. The third kappa shape index (κ3) is 3.20. The zero-order chi connectivity index (χ0) is 10.6. The van der Waals surface area contributed by atoms with E-state index in [1.807, 2.05) is 27.0 Å². The minimum absolute atomic E-state index is 0.0515. The number of carbonyl (C=O) groups excluding carboxylic acids is 1. The molecule has 0 saturated carbocycles. The molecule has 0 atom stereocenters. The van der Waals surface area contributed by atoms with Crippen LogP contribution in [0.25, 0.3) is 0 Å². The van der Waals surface area contributed by atoms with Crippen molar-refractivity contribution in [2.45, 2.75) is 33.7 Å². The number of nitrogens with one attached hydrogen (secondary N) is 1. The van der Waals surface area contributed by atoms with Crippen molar-refractivity contribution in [3.63, 3.8) is 0 Å². The fraction of sp³-hybridized carbons (Fsp3) is 0.600. The molecule has 0 aromatic carbocycles. The summed E-state index contributed by atoms with van der Waals surface area (Å²) in [5.74, 6) is 0.437. The minimum atomic E-state index is 0.0515. The Morgan fingerprint density at radius 3 is 2.86 bits per heavy atom. The van der Waals surface area contributed by atoms with Crippen molar-refractivity contribution in [1.29, 1.82) is 0 Å². The molecule has 0 unspecified atom stereocenters. The van der Waals surface area contributed by atoms with E-state index in [1.165, 1.54) is 0 Å². The van der Waals surface area contributed by atoms with Crippen molar-refractivity contribution in [1.82, 2.24) is 9.78 Å². The van der Waals surface area contributed by atoms with E-state index in [9.17, 15) is 4.79 Å². The fourth-order valence-electron chi connectivity index (χ4n) is 1.18. The first-order chi connectivity index (χ1) is 6.61. The van der Waals surface area contributed by atoms with Gasteiger partial charge in [-0.25, -0.2) is 0 Å². The Kier molecular flexibility index (Phi) is 3.68. The molecule has 0 saturated heterocycles. The zero-order valence-electron chi connectivity index (χ0n) is 8.95. The molecule has 14 heavy (non-hydrogen) atoms. The Labute approximate surface area is 84.3 Å². The van der Waals surface area contributed by atoms with Crippen molar-refractivity contribution in [2.24, 2.45) is 5.92 Å². The average molecular weight is 195 g/mol. The van der Waals surface area contributed by atoms with Crippen molar-refractivity contribution < 1.29 is 4.79 Å². The standard InChI is InChI=1S/C10H17N3O/c1-4-13-7-9(6-11-13)12-10(14)5-8(2)3/h6-8H,4-5H2,1-3H3,(H,12,14). The van der Waals surface area contributed by atoms with Gasteiger partial charge < -0.3 is 5.32 Å². The SMILES string of the molecule is CCn1cc(NC(=O)CC(C)C)cn1. The summed E-state index contributed by atoms with van der Waals surface area (Å²) in [5, 5.41) is 6.87. The van der Waals surface area contributed by atoms with Gasteiger partial charge in [0.1, 0.15) is 0 Å². The molecule has 1 aromatic rings. The first-order valence-corrected chi connectivity index (χ1v) is 4.94. The summed E-state index contributed by atoms with van der Waals surface area (Å²) in [6.07, 6.45) is 4.05. The van der Waals surface area contributed by atoms with Crippen LogP contribution in [-0.4, -0.2) is 15.7 Å². The van der Waals surface area contributed by atoms with Crippen molar-refractivity contribution >= 4 is 11.6 Å². The molecule has 0 aliphatic rings. The second kappa shape index (κ2) is 4.79. The maximum Gasteiger partial charge on any atom is 0.224 e. The summed E-state index contributed by atoms with van der Waals surface area (Å²) in [6.45, 7) is 6.87. The number of hydrogen-bond donors (Lipinski definition) is 1. The Morgan fingerprint density at radius 1 is 1.64 bits per heavy atom. The fourth-order valence-corrected chi connectivity index (χ4v) is 1.18. The van der Waals surface area contributed by atoms with E-state index >= 15 is 0 Å².